The lowest BCUT2D eigenvalue weighted by Crippen LogP contribution is -2.15. The van der Waals surface area contributed by atoms with Gasteiger partial charge in [0.15, 0.2) is 0 Å². The molecule has 1 unspecified atom stereocenters. The number of benzene rings is 3. The first-order valence-electron chi connectivity index (χ1n) is 8.93. The Labute approximate surface area is 160 Å². The third-order valence-electron chi connectivity index (χ3n) is 4.48. The van der Waals surface area contributed by atoms with E-state index in [0.717, 1.165) is 29.0 Å². The summed E-state index contributed by atoms with van der Waals surface area (Å²) in [6.45, 7) is 0.986. The predicted molar refractivity (Wildman–Crippen MR) is 108 cm³/mol. The van der Waals surface area contributed by atoms with Crippen molar-refractivity contribution in [3.05, 3.63) is 106 Å². The lowest BCUT2D eigenvalue weighted by molar-refractivity contribution is 0.0456. The number of aryl methyl sites for hydroxylation is 2. The van der Waals surface area contributed by atoms with Crippen LogP contribution in [0.15, 0.2) is 78.9 Å². The molecule has 2 nitrogen and oxygen atoms in total. The van der Waals surface area contributed by atoms with Crippen LogP contribution in [0.5, 0.6) is 0 Å². The van der Waals surface area contributed by atoms with Crippen LogP contribution in [0.4, 0.5) is 0 Å². The largest absolute Gasteiger partial charge is 0.368 e. The molecule has 3 heteroatoms. The monoisotopic (exact) mass is 365 g/mol. The maximum Gasteiger partial charge on any atom is 0.0951 e. The minimum Gasteiger partial charge on any atom is -0.368 e. The zero-order chi connectivity index (χ0) is 18.2. The van der Waals surface area contributed by atoms with Crippen LogP contribution in [-0.4, -0.2) is 6.54 Å². The van der Waals surface area contributed by atoms with Gasteiger partial charge in [-0.15, -0.1) is 0 Å². The van der Waals surface area contributed by atoms with Crippen molar-refractivity contribution in [1.82, 2.24) is 0 Å². The highest BCUT2D eigenvalue weighted by atomic mass is 35.5. The third kappa shape index (κ3) is 5.43. The van der Waals surface area contributed by atoms with Gasteiger partial charge in [-0.2, -0.15) is 0 Å². The molecule has 134 valence electrons. The zero-order valence-corrected chi connectivity index (χ0v) is 15.5. The third-order valence-corrected chi connectivity index (χ3v) is 4.73. The van der Waals surface area contributed by atoms with Gasteiger partial charge in [-0.1, -0.05) is 78.3 Å². The lowest BCUT2D eigenvalue weighted by atomic mass is 10.0. The highest BCUT2D eigenvalue weighted by Gasteiger charge is 2.10. The number of nitrogens with two attached hydrogens (primary N) is 1. The topological polar surface area (TPSA) is 35.2 Å². The van der Waals surface area contributed by atoms with E-state index in [1.54, 1.807) is 0 Å². The van der Waals surface area contributed by atoms with Gasteiger partial charge in [-0.3, -0.25) is 0 Å². The molecule has 0 aliphatic rings. The fourth-order valence-corrected chi connectivity index (χ4v) is 3.04. The van der Waals surface area contributed by atoms with E-state index in [9.17, 15) is 0 Å². The molecule has 0 fully saturated rings. The van der Waals surface area contributed by atoms with Gasteiger partial charge in [0.25, 0.3) is 0 Å². The number of hydrogen-bond acceptors (Lipinski definition) is 2. The quantitative estimate of drug-likeness (QED) is 0.584. The molecule has 0 saturated carbocycles. The summed E-state index contributed by atoms with van der Waals surface area (Å²) in [6.07, 6.45) is 1.98. The molecule has 3 aromatic rings. The highest BCUT2D eigenvalue weighted by Crippen LogP contribution is 2.20. The normalized spacial score (nSPS) is 12.1. The molecule has 0 aliphatic carbocycles. The van der Waals surface area contributed by atoms with E-state index in [0.29, 0.717) is 13.2 Å². The fraction of sp³-hybridized carbons (Fsp3) is 0.217. The Balaban J connectivity index is 1.52. The van der Waals surface area contributed by atoms with Crippen molar-refractivity contribution in [2.24, 2.45) is 5.73 Å². The Bertz CT molecular complexity index is 785. The molecule has 3 rings (SSSR count). The minimum atomic E-state index is -0.120. The Kier molecular flexibility index (Phi) is 6.84. The van der Waals surface area contributed by atoms with Crippen molar-refractivity contribution in [2.45, 2.75) is 25.6 Å². The van der Waals surface area contributed by atoms with Crippen LogP contribution < -0.4 is 5.73 Å². The van der Waals surface area contributed by atoms with Gasteiger partial charge in [0.1, 0.15) is 0 Å². The van der Waals surface area contributed by atoms with Gasteiger partial charge in [-0.05, 0) is 47.2 Å². The van der Waals surface area contributed by atoms with Crippen molar-refractivity contribution in [3.63, 3.8) is 0 Å². The Morgan fingerprint density at radius 1 is 0.731 bits per heavy atom. The van der Waals surface area contributed by atoms with Crippen molar-refractivity contribution in [1.29, 1.82) is 0 Å². The second kappa shape index (κ2) is 9.54. The SMILES string of the molecule is NCC(OCc1ccc(CCc2ccccc2)cc1)c1ccc(Cl)cc1. The fourth-order valence-electron chi connectivity index (χ4n) is 2.91. The highest BCUT2D eigenvalue weighted by molar-refractivity contribution is 6.30. The van der Waals surface area contributed by atoms with E-state index in [-0.39, 0.29) is 6.10 Å². The van der Waals surface area contributed by atoms with E-state index >= 15 is 0 Å². The van der Waals surface area contributed by atoms with Gasteiger partial charge in [0.2, 0.25) is 0 Å². The zero-order valence-electron chi connectivity index (χ0n) is 14.8. The average molecular weight is 366 g/mol. The first-order valence-corrected chi connectivity index (χ1v) is 9.31. The number of rotatable bonds is 8. The van der Waals surface area contributed by atoms with E-state index < -0.39 is 0 Å². The molecule has 2 N–H and O–H groups in total. The predicted octanol–water partition coefficient (Wildman–Crippen LogP) is 5.34. The summed E-state index contributed by atoms with van der Waals surface area (Å²) >= 11 is 5.94. The van der Waals surface area contributed by atoms with Gasteiger partial charge in [0.05, 0.1) is 12.7 Å². The van der Waals surface area contributed by atoms with Crippen molar-refractivity contribution < 1.29 is 4.74 Å². The van der Waals surface area contributed by atoms with Crippen LogP contribution in [0, 0.1) is 0 Å². The number of halogens is 1. The summed E-state index contributed by atoms with van der Waals surface area (Å²) in [6, 6.07) is 26.9. The Morgan fingerprint density at radius 3 is 1.92 bits per heavy atom. The van der Waals surface area contributed by atoms with E-state index in [1.807, 2.05) is 24.3 Å². The molecule has 26 heavy (non-hydrogen) atoms. The summed E-state index contributed by atoms with van der Waals surface area (Å²) in [5.41, 5.74) is 10.8. The van der Waals surface area contributed by atoms with Gasteiger partial charge < -0.3 is 10.5 Å². The molecule has 0 bridgehead atoms. The van der Waals surface area contributed by atoms with Crippen LogP contribution in [0.1, 0.15) is 28.4 Å². The molecule has 0 spiro atoms. The average Bonchev–Trinajstić information content (AvgIpc) is 2.70. The van der Waals surface area contributed by atoms with E-state index in [1.165, 1.54) is 11.1 Å². The molecule has 0 radical (unpaired) electrons. The summed E-state index contributed by atoms with van der Waals surface area (Å²) in [5.74, 6) is 0. The summed E-state index contributed by atoms with van der Waals surface area (Å²) < 4.78 is 6.00. The van der Waals surface area contributed by atoms with Crippen LogP contribution in [0.2, 0.25) is 5.02 Å². The standard InChI is InChI=1S/C23H24ClNO/c24-22-14-12-21(13-15-22)23(16-25)26-17-20-10-8-19(9-11-20)7-6-18-4-2-1-3-5-18/h1-5,8-15,23H,6-7,16-17,25H2. The van der Waals surface area contributed by atoms with Gasteiger partial charge in [0, 0.05) is 11.6 Å². The molecule has 0 saturated heterocycles. The molecule has 0 heterocycles. The number of ether oxygens (including phenoxy) is 1. The van der Waals surface area contributed by atoms with Crippen LogP contribution >= 0.6 is 11.6 Å². The second-order valence-corrected chi connectivity index (χ2v) is 6.83. The lowest BCUT2D eigenvalue weighted by Gasteiger charge is -2.17. The molecule has 3 aromatic carbocycles. The van der Waals surface area contributed by atoms with Crippen LogP contribution in [0.25, 0.3) is 0 Å². The smallest absolute Gasteiger partial charge is 0.0951 e. The van der Waals surface area contributed by atoms with Crippen molar-refractivity contribution in [2.75, 3.05) is 6.54 Å². The maximum atomic E-state index is 6.00. The molecule has 1 atom stereocenters. The van der Waals surface area contributed by atoms with Crippen LogP contribution in [-0.2, 0) is 24.2 Å². The molecular weight excluding hydrogens is 342 g/mol. The second-order valence-electron chi connectivity index (χ2n) is 6.39. The Hall–Kier alpha value is -2.13. The summed E-state index contributed by atoms with van der Waals surface area (Å²) in [4.78, 5) is 0. The molecular formula is C23H24ClNO. The van der Waals surface area contributed by atoms with Crippen molar-refractivity contribution in [3.8, 4) is 0 Å². The van der Waals surface area contributed by atoms with E-state index in [2.05, 4.69) is 54.6 Å². The summed E-state index contributed by atoms with van der Waals surface area (Å²) in [7, 11) is 0. The maximum absolute atomic E-state index is 6.00. The Morgan fingerprint density at radius 2 is 1.31 bits per heavy atom. The van der Waals surface area contributed by atoms with Gasteiger partial charge in [-0.25, -0.2) is 0 Å². The molecule has 0 aromatic heterocycles. The van der Waals surface area contributed by atoms with Crippen molar-refractivity contribution >= 4 is 11.6 Å². The molecule has 0 aliphatic heterocycles. The summed E-state index contributed by atoms with van der Waals surface area (Å²) in [5, 5.41) is 0.718. The van der Waals surface area contributed by atoms with E-state index in [4.69, 9.17) is 22.1 Å². The van der Waals surface area contributed by atoms with Crippen LogP contribution in [0.3, 0.4) is 0 Å². The first kappa shape index (κ1) is 18.7. The first-order chi connectivity index (χ1) is 12.7. The number of hydrogen-bond donors (Lipinski definition) is 1. The van der Waals surface area contributed by atoms with Gasteiger partial charge >= 0.3 is 0 Å². The minimum absolute atomic E-state index is 0.120. The molecule has 0 amide bonds.